The molecule has 1 fully saturated rings. The van der Waals surface area contributed by atoms with Gasteiger partial charge in [0.15, 0.2) is 12.4 Å². The average Bonchev–Trinajstić information content (AvgIpc) is 3.00. The van der Waals surface area contributed by atoms with Crippen LogP contribution in [0, 0.1) is 0 Å². The van der Waals surface area contributed by atoms with Crippen molar-refractivity contribution >= 4 is 27.5 Å². The van der Waals surface area contributed by atoms with E-state index in [0.29, 0.717) is 30.8 Å². The van der Waals surface area contributed by atoms with Crippen molar-refractivity contribution in [3.05, 3.63) is 52.6 Å². The molecule has 1 atom stereocenters. The van der Waals surface area contributed by atoms with Gasteiger partial charge in [-0.3, -0.25) is 9.59 Å². The zero-order valence-corrected chi connectivity index (χ0v) is 13.8. The van der Waals surface area contributed by atoms with E-state index >= 15 is 0 Å². The number of nitrogens with one attached hydrogen (secondary N) is 3. The van der Waals surface area contributed by atoms with Gasteiger partial charge < -0.3 is 15.2 Å². The number of hydrogen-bond acceptors (Lipinski definition) is 4. The molecule has 1 aliphatic heterocycles. The fraction of sp³-hybridized carbons (Fsp3) is 0.235. The second kappa shape index (κ2) is 6.18. The number of H-pyrrole nitrogens is 1. The van der Waals surface area contributed by atoms with Crippen LogP contribution < -0.4 is 15.8 Å². The van der Waals surface area contributed by atoms with Crippen molar-refractivity contribution in [2.75, 3.05) is 19.6 Å². The number of fused-ring (bicyclic) bond motifs is 1. The van der Waals surface area contributed by atoms with Crippen molar-refractivity contribution in [3.63, 3.8) is 0 Å². The highest BCUT2D eigenvalue weighted by Crippen LogP contribution is 2.30. The third kappa shape index (κ3) is 2.95. The minimum Gasteiger partial charge on any atom is -0.346 e. The van der Waals surface area contributed by atoms with Gasteiger partial charge in [0.05, 0.1) is 18.5 Å². The van der Waals surface area contributed by atoms with Crippen molar-refractivity contribution in [3.8, 4) is 10.4 Å². The number of amides is 1. The number of piperazine rings is 1. The Balaban J connectivity index is 1.67. The highest BCUT2D eigenvalue weighted by Gasteiger charge is 2.21. The first-order chi connectivity index (χ1) is 11.7. The highest BCUT2D eigenvalue weighted by molar-refractivity contribution is 7.21. The van der Waals surface area contributed by atoms with Gasteiger partial charge in [-0.2, -0.15) is 0 Å². The van der Waals surface area contributed by atoms with Gasteiger partial charge in [-0.25, -0.2) is 4.98 Å². The number of hydrogen-bond donors (Lipinski definition) is 3. The molecule has 3 heterocycles. The van der Waals surface area contributed by atoms with Crippen LogP contribution in [-0.2, 0) is 11.3 Å². The molecule has 1 unspecified atom stereocenters. The molecule has 7 heteroatoms. The number of quaternary nitrogens is 1. The number of carbonyl (C=O) groups excluding carboxylic acids is 1. The third-order valence-corrected chi connectivity index (χ3v) is 5.22. The molecule has 0 bridgehead atoms. The molecular formula is C17H17N4O2S+. The van der Waals surface area contributed by atoms with Crippen molar-refractivity contribution in [2.24, 2.45) is 0 Å². The average molecular weight is 341 g/mol. The number of aromatic amines is 1. The summed E-state index contributed by atoms with van der Waals surface area (Å²) in [7, 11) is 0. The number of nitrogens with zero attached hydrogens (tertiary/aromatic N) is 1. The summed E-state index contributed by atoms with van der Waals surface area (Å²) in [5.74, 6) is 0.681. The molecule has 1 aromatic carbocycles. The summed E-state index contributed by atoms with van der Waals surface area (Å²) in [6.45, 7) is 2.48. The van der Waals surface area contributed by atoms with Crippen LogP contribution in [0.25, 0.3) is 20.7 Å². The molecule has 3 N–H and O–H groups in total. The maximum Gasteiger partial charge on any atom is 0.275 e. The summed E-state index contributed by atoms with van der Waals surface area (Å²) in [6.07, 6.45) is 0. The van der Waals surface area contributed by atoms with E-state index in [-0.39, 0.29) is 11.5 Å². The van der Waals surface area contributed by atoms with Gasteiger partial charge in [0, 0.05) is 4.88 Å². The monoisotopic (exact) mass is 341 g/mol. The zero-order valence-electron chi connectivity index (χ0n) is 13.0. The number of rotatable bonds is 3. The number of carbonyl (C=O) groups is 1. The molecule has 24 heavy (non-hydrogen) atoms. The van der Waals surface area contributed by atoms with Crippen LogP contribution in [0.1, 0.15) is 5.82 Å². The largest absolute Gasteiger partial charge is 0.346 e. The lowest BCUT2D eigenvalue weighted by Gasteiger charge is -2.22. The predicted molar refractivity (Wildman–Crippen MR) is 93.1 cm³/mol. The Morgan fingerprint density at radius 2 is 2.04 bits per heavy atom. The highest BCUT2D eigenvalue weighted by atomic mass is 32.1. The van der Waals surface area contributed by atoms with Crippen LogP contribution in [-0.4, -0.2) is 35.5 Å². The second-order valence-electron chi connectivity index (χ2n) is 5.91. The van der Waals surface area contributed by atoms with E-state index in [0.717, 1.165) is 26.7 Å². The maximum absolute atomic E-state index is 12.4. The van der Waals surface area contributed by atoms with Crippen LogP contribution in [0.3, 0.4) is 0 Å². The first-order valence-electron chi connectivity index (χ1n) is 7.87. The van der Waals surface area contributed by atoms with Crippen molar-refractivity contribution in [2.45, 2.75) is 6.54 Å². The first-order valence-corrected chi connectivity index (χ1v) is 8.69. The fourth-order valence-electron chi connectivity index (χ4n) is 2.95. The molecule has 122 valence electrons. The standard InChI is InChI=1S/C17H16N4O2S/c22-15-10-21(7-6-18-15)9-14-19-16(23)12-8-13(24-17(12)20-14)11-4-2-1-3-5-11/h1-5,8H,6-7,9-10H2,(H,18,22)(H,19,20,23)/p+1. The van der Waals surface area contributed by atoms with Crippen LogP contribution in [0.4, 0.5) is 0 Å². The normalized spacial score (nSPS) is 17.8. The fourth-order valence-corrected chi connectivity index (χ4v) is 4.01. The molecule has 3 aromatic rings. The summed E-state index contributed by atoms with van der Waals surface area (Å²) in [4.78, 5) is 34.2. The van der Waals surface area contributed by atoms with Crippen molar-refractivity contribution < 1.29 is 9.69 Å². The van der Waals surface area contributed by atoms with Gasteiger partial charge in [0.25, 0.3) is 11.5 Å². The Morgan fingerprint density at radius 1 is 1.21 bits per heavy atom. The number of aromatic nitrogens is 2. The lowest BCUT2D eigenvalue weighted by molar-refractivity contribution is -0.907. The third-order valence-electron chi connectivity index (χ3n) is 4.14. The molecule has 0 radical (unpaired) electrons. The van der Waals surface area contributed by atoms with Gasteiger partial charge in [0.2, 0.25) is 0 Å². The lowest BCUT2D eigenvalue weighted by Crippen LogP contribution is -3.14. The van der Waals surface area contributed by atoms with E-state index in [1.165, 1.54) is 11.3 Å². The molecule has 0 saturated carbocycles. The molecule has 6 nitrogen and oxygen atoms in total. The maximum atomic E-state index is 12.4. The Morgan fingerprint density at radius 3 is 2.83 bits per heavy atom. The molecular weight excluding hydrogens is 324 g/mol. The van der Waals surface area contributed by atoms with E-state index < -0.39 is 0 Å². The molecule has 1 saturated heterocycles. The van der Waals surface area contributed by atoms with E-state index in [2.05, 4.69) is 15.3 Å². The minimum atomic E-state index is -0.116. The Hall–Kier alpha value is -2.51. The Kier molecular flexibility index (Phi) is 3.87. The zero-order chi connectivity index (χ0) is 16.5. The predicted octanol–water partition coefficient (Wildman–Crippen LogP) is 0.166. The van der Waals surface area contributed by atoms with Gasteiger partial charge in [0.1, 0.15) is 11.4 Å². The van der Waals surface area contributed by atoms with E-state index in [4.69, 9.17) is 0 Å². The summed E-state index contributed by atoms with van der Waals surface area (Å²) in [6, 6.07) is 11.9. The second-order valence-corrected chi connectivity index (χ2v) is 6.94. The summed E-state index contributed by atoms with van der Waals surface area (Å²) in [5, 5.41) is 3.43. The minimum absolute atomic E-state index is 0.0437. The molecule has 0 spiro atoms. The van der Waals surface area contributed by atoms with Gasteiger partial charge in [-0.05, 0) is 11.6 Å². The molecule has 4 rings (SSSR count). The quantitative estimate of drug-likeness (QED) is 0.635. The van der Waals surface area contributed by atoms with Gasteiger partial charge in [-0.1, -0.05) is 30.3 Å². The van der Waals surface area contributed by atoms with Crippen molar-refractivity contribution in [1.82, 2.24) is 15.3 Å². The summed E-state index contributed by atoms with van der Waals surface area (Å²) in [5.41, 5.74) is 0.967. The first kappa shape index (κ1) is 15.0. The Labute approximate surface area is 142 Å². The van der Waals surface area contributed by atoms with Crippen molar-refractivity contribution in [1.29, 1.82) is 0 Å². The molecule has 1 aliphatic rings. The number of thiophene rings is 1. The summed E-state index contributed by atoms with van der Waals surface area (Å²) >= 11 is 1.52. The van der Waals surface area contributed by atoms with Crippen LogP contribution in [0.2, 0.25) is 0 Å². The van der Waals surface area contributed by atoms with E-state index in [1.54, 1.807) is 0 Å². The summed E-state index contributed by atoms with van der Waals surface area (Å²) < 4.78 is 0. The Bertz CT molecular complexity index is 948. The topological polar surface area (TPSA) is 79.3 Å². The van der Waals surface area contributed by atoms with Crippen LogP contribution in [0.15, 0.2) is 41.2 Å². The van der Waals surface area contributed by atoms with Gasteiger partial charge >= 0.3 is 0 Å². The van der Waals surface area contributed by atoms with Gasteiger partial charge in [-0.15, -0.1) is 11.3 Å². The van der Waals surface area contributed by atoms with Crippen LogP contribution >= 0.6 is 11.3 Å². The van der Waals surface area contributed by atoms with Crippen LogP contribution in [0.5, 0.6) is 0 Å². The smallest absolute Gasteiger partial charge is 0.275 e. The molecule has 0 aliphatic carbocycles. The lowest BCUT2D eigenvalue weighted by atomic mass is 10.2. The SMILES string of the molecule is O=C1C[NH+](Cc2nc3sc(-c4ccccc4)cc3c(=O)[nH]2)CCN1. The molecule has 2 aromatic heterocycles. The van der Waals surface area contributed by atoms with E-state index in [9.17, 15) is 9.59 Å². The molecule has 1 amide bonds. The van der Waals surface area contributed by atoms with E-state index in [1.807, 2.05) is 36.4 Å². The number of benzene rings is 1.